The van der Waals surface area contributed by atoms with Crippen LogP contribution in [0, 0.1) is 10.1 Å². The summed E-state index contributed by atoms with van der Waals surface area (Å²) >= 11 is 0. The zero-order chi connectivity index (χ0) is 18.6. The predicted molar refractivity (Wildman–Crippen MR) is 85.7 cm³/mol. The Labute approximate surface area is 141 Å². The van der Waals surface area contributed by atoms with Crippen molar-refractivity contribution in [3.8, 4) is 11.5 Å². The van der Waals surface area contributed by atoms with Crippen molar-refractivity contribution < 1.29 is 32.5 Å². The number of phenols is 1. The van der Waals surface area contributed by atoms with Gasteiger partial charge in [-0.3, -0.25) is 14.9 Å². The molecule has 0 saturated heterocycles. The molecule has 0 atom stereocenters. The highest BCUT2D eigenvalue weighted by atomic mass is 32.2. The highest BCUT2D eigenvalue weighted by Gasteiger charge is 2.27. The second kappa shape index (κ2) is 7.05. The number of benzene rings is 2. The van der Waals surface area contributed by atoms with Gasteiger partial charge in [0.15, 0.2) is 0 Å². The Kier molecular flexibility index (Phi) is 5.08. The number of rotatable bonds is 7. The van der Waals surface area contributed by atoms with Crippen LogP contribution in [0.15, 0.2) is 48.5 Å². The molecule has 0 aliphatic rings. The van der Waals surface area contributed by atoms with Gasteiger partial charge in [-0.2, -0.15) is 8.42 Å². The van der Waals surface area contributed by atoms with Crippen molar-refractivity contribution in [1.82, 2.24) is 0 Å². The van der Waals surface area contributed by atoms with E-state index in [-0.39, 0.29) is 22.9 Å². The zero-order valence-corrected chi connectivity index (χ0v) is 13.3. The molecular weight excluding hydrogens is 356 g/mol. The number of hydrogen-bond donors (Lipinski definition) is 2. The van der Waals surface area contributed by atoms with Crippen LogP contribution in [0.3, 0.4) is 0 Å². The molecule has 2 aromatic rings. The SMILES string of the molecule is O=C(O)CN(c1ccc(O)cc1)S(=O)(=O)Oc1ccc([N+](=O)[O-])cc1. The van der Waals surface area contributed by atoms with Gasteiger partial charge >= 0.3 is 16.3 Å². The Balaban J connectivity index is 2.32. The summed E-state index contributed by atoms with van der Waals surface area (Å²) in [5.74, 6) is -1.78. The molecule has 132 valence electrons. The number of nitro benzene ring substituents is 1. The molecule has 10 nitrogen and oxygen atoms in total. The van der Waals surface area contributed by atoms with E-state index in [9.17, 15) is 28.4 Å². The Morgan fingerprint density at radius 2 is 1.68 bits per heavy atom. The standard InChI is InChI=1S/C14H12N2O8S/c17-12-5-1-10(2-6-12)15(9-14(18)19)25(22,23)24-13-7-3-11(4-8-13)16(20)21/h1-8,17H,9H2,(H,18,19). The number of carbonyl (C=O) groups is 1. The molecule has 25 heavy (non-hydrogen) atoms. The first-order valence-corrected chi connectivity index (χ1v) is 8.03. The third kappa shape index (κ3) is 4.57. The van der Waals surface area contributed by atoms with Gasteiger partial charge in [0.25, 0.3) is 5.69 Å². The van der Waals surface area contributed by atoms with Gasteiger partial charge in [-0.05, 0) is 36.4 Å². The Morgan fingerprint density at radius 3 is 2.16 bits per heavy atom. The average Bonchev–Trinajstić information content (AvgIpc) is 2.53. The molecule has 2 rings (SSSR count). The van der Waals surface area contributed by atoms with E-state index in [4.69, 9.17) is 9.29 Å². The van der Waals surface area contributed by atoms with Crippen LogP contribution < -0.4 is 8.49 Å². The summed E-state index contributed by atoms with van der Waals surface area (Å²) in [6, 6.07) is 9.03. The quantitative estimate of drug-likeness (QED) is 0.552. The molecule has 0 saturated carbocycles. The number of anilines is 1. The van der Waals surface area contributed by atoms with Gasteiger partial charge in [0.05, 0.1) is 10.6 Å². The minimum Gasteiger partial charge on any atom is -0.508 e. The minimum atomic E-state index is -4.57. The van der Waals surface area contributed by atoms with Crippen LogP contribution in [0.5, 0.6) is 11.5 Å². The van der Waals surface area contributed by atoms with Crippen molar-refractivity contribution in [3.05, 3.63) is 58.6 Å². The van der Waals surface area contributed by atoms with E-state index in [2.05, 4.69) is 0 Å². The second-order valence-corrected chi connectivity index (χ2v) is 6.17. The smallest absolute Gasteiger partial charge is 0.410 e. The molecular formula is C14H12N2O8S. The normalized spacial score (nSPS) is 10.9. The average molecular weight is 368 g/mol. The van der Waals surface area contributed by atoms with E-state index in [0.29, 0.717) is 4.31 Å². The summed E-state index contributed by atoms with van der Waals surface area (Å²) in [5.41, 5.74) is -0.298. The summed E-state index contributed by atoms with van der Waals surface area (Å²) in [4.78, 5) is 20.9. The Hall–Kier alpha value is -3.34. The van der Waals surface area contributed by atoms with E-state index in [0.717, 1.165) is 24.3 Å². The van der Waals surface area contributed by atoms with Gasteiger partial charge in [-0.15, -0.1) is 0 Å². The second-order valence-electron chi connectivity index (χ2n) is 4.71. The third-order valence-corrected chi connectivity index (χ3v) is 4.22. The molecule has 11 heteroatoms. The van der Waals surface area contributed by atoms with E-state index in [1.165, 1.54) is 24.3 Å². The maximum Gasteiger partial charge on any atom is 0.410 e. The lowest BCUT2D eigenvalue weighted by atomic mass is 10.3. The van der Waals surface area contributed by atoms with E-state index >= 15 is 0 Å². The molecule has 0 heterocycles. The maximum atomic E-state index is 12.4. The van der Waals surface area contributed by atoms with Crippen molar-refractivity contribution >= 4 is 27.6 Å². The van der Waals surface area contributed by atoms with E-state index in [1.54, 1.807) is 0 Å². The van der Waals surface area contributed by atoms with Gasteiger partial charge in [-0.1, -0.05) is 0 Å². The lowest BCUT2D eigenvalue weighted by Gasteiger charge is -2.22. The monoisotopic (exact) mass is 368 g/mol. The number of nitro groups is 1. The number of nitrogens with zero attached hydrogens (tertiary/aromatic N) is 2. The van der Waals surface area contributed by atoms with Crippen molar-refractivity contribution in [1.29, 1.82) is 0 Å². The number of hydrogen-bond acceptors (Lipinski definition) is 7. The predicted octanol–water partition coefficient (Wildman–Crippen LogP) is 1.52. The molecule has 2 N–H and O–H groups in total. The molecule has 2 aromatic carbocycles. The highest BCUT2D eigenvalue weighted by Crippen LogP contribution is 2.24. The minimum absolute atomic E-state index is 0.0397. The van der Waals surface area contributed by atoms with Crippen LogP contribution in [-0.4, -0.2) is 36.1 Å². The first-order valence-electron chi connectivity index (χ1n) is 6.66. The fraction of sp³-hybridized carbons (Fsp3) is 0.0714. The molecule has 0 aliphatic heterocycles. The summed E-state index contributed by atoms with van der Waals surface area (Å²) < 4.78 is 30.1. The maximum absolute atomic E-state index is 12.4. The first-order chi connectivity index (χ1) is 11.7. The molecule has 0 amide bonds. The molecule has 0 fully saturated rings. The van der Waals surface area contributed by atoms with E-state index < -0.39 is 27.7 Å². The Bertz CT molecular complexity index is 878. The highest BCUT2D eigenvalue weighted by molar-refractivity contribution is 7.88. The van der Waals surface area contributed by atoms with Crippen LogP contribution in [0.4, 0.5) is 11.4 Å². The van der Waals surface area contributed by atoms with E-state index in [1.807, 2.05) is 0 Å². The molecule has 0 spiro atoms. The van der Waals surface area contributed by atoms with Crippen LogP contribution in [0.1, 0.15) is 0 Å². The van der Waals surface area contributed by atoms with Crippen LogP contribution in [-0.2, 0) is 15.1 Å². The fourth-order valence-corrected chi connectivity index (χ4v) is 2.92. The number of aliphatic carboxylic acids is 1. The van der Waals surface area contributed by atoms with Gasteiger partial charge in [0.1, 0.15) is 18.0 Å². The van der Waals surface area contributed by atoms with Gasteiger partial charge in [0, 0.05) is 12.1 Å². The topological polar surface area (TPSA) is 147 Å². The Morgan fingerprint density at radius 1 is 1.12 bits per heavy atom. The number of carboxylic acids is 1. The van der Waals surface area contributed by atoms with Crippen LogP contribution in [0.25, 0.3) is 0 Å². The van der Waals surface area contributed by atoms with Crippen LogP contribution in [0.2, 0.25) is 0 Å². The van der Waals surface area contributed by atoms with Gasteiger partial charge < -0.3 is 14.4 Å². The van der Waals surface area contributed by atoms with Gasteiger partial charge in [-0.25, -0.2) is 4.31 Å². The summed E-state index contributed by atoms with van der Waals surface area (Å²) in [5, 5.41) is 28.8. The zero-order valence-electron chi connectivity index (χ0n) is 12.5. The fourth-order valence-electron chi connectivity index (χ4n) is 1.83. The summed E-state index contributed by atoms with van der Waals surface area (Å²) in [6.45, 7) is -0.917. The van der Waals surface area contributed by atoms with Crippen molar-refractivity contribution in [2.24, 2.45) is 0 Å². The van der Waals surface area contributed by atoms with Crippen molar-refractivity contribution in [3.63, 3.8) is 0 Å². The molecule has 0 aliphatic carbocycles. The lowest BCUT2D eigenvalue weighted by Crippen LogP contribution is -2.38. The number of aromatic hydroxyl groups is 1. The largest absolute Gasteiger partial charge is 0.508 e. The third-order valence-electron chi connectivity index (χ3n) is 2.94. The number of non-ortho nitro benzene ring substituents is 1. The molecule has 0 radical (unpaired) electrons. The molecule has 0 aromatic heterocycles. The first kappa shape index (κ1) is 18.0. The summed E-state index contributed by atoms with van der Waals surface area (Å²) in [6.07, 6.45) is 0. The van der Waals surface area contributed by atoms with Crippen molar-refractivity contribution in [2.75, 3.05) is 10.8 Å². The van der Waals surface area contributed by atoms with Crippen molar-refractivity contribution in [2.45, 2.75) is 0 Å². The molecule has 0 bridgehead atoms. The summed E-state index contributed by atoms with van der Waals surface area (Å²) in [7, 11) is -4.57. The lowest BCUT2D eigenvalue weighted by molar-refractivity contribution is -0.384. The van der Waals surface area contributed by atoms with Gasteiger partial charge in [0.2, 0.25) is 0 Å². The number of carboxylic acid groups (broad SMARTS) is 1. The molecule has 0 unspecified atom stereocenters. The number of phenolic OH excluding ortho intramolecular Hbond substituents is 1. The van der Waals surface area contributed by atoms with Crippen LogP contribution >= 0.6 is 0 Å².